The minimum absolute atomic E-state index is 0.0566. The smallest absolute Gasteiger partial charge is 0.273 e. The first kappa shape index (κ1) is 17.6. The van der Waals surface area contributed by atoms with Gasteiger partial charge in [0.25, 0.3) is 11.6 Å². The van der Waals surface area contributed by atoms with Crippen LogP contribution in [0.3, 0.4) is 0 Å². The molecule has 134 valence electrons. The molecule has 1 aliphatic heterocycles. The summed E-state index contributed by atoms with van der Waals surface area (Å²) in [6, 6.07) is 9.18. The van der Waals surface area contributed by atoms with Gasteiger partial charge in [-0.05, 0) is 45.0 Å². The summed E-state index contributed by atoms with van der Waals surface area (Å²) in [6.07, 6.45) is 0.251. The molecular formula is C19H18N2O5. The van der Waals surface area contributed by atoms with E-state index in [1.165, 1.54) is 25.1 Å². The molecule has 1 heterocycles. The van der Waals surface area contributed by atoms with Crippen molar-refractivity contribution in [1.82, 2.24) is 0 Å². The third-order valence-corrected chi connectivity index (χ3v) is 4.26. The van der Waals surface area contributed by atoms with Gasteiger partial charge >= 0.3 is 0 Å². The number of ether oxygens (including phenoxy) is 1. The number of hydrogen-bond donors (Lipinski definition) is 1. The first-order valence-electron chi connectivity index (χ1n) is 8.09. The summed E-state index contributed by atoms with van der Waals surface area (Å²) in [5, 5.41) is 13.7. The highest BCUT2D eigenvalue weighted by molar-refractivity contribution is 6.07. The number of nitro benzene ring substituents is 1. The number of amides is 1. The highest BCUT2D eigenvalue weighted by atomic mass is 16.6. The average Bonchev–Trinajstić information content (AvgIpc) is 2.54. The minimum atomic E-state index is -0.561. The van der Waals surface area contributed by atoms with Gasteiger partial charge in [0.1, 0.15) is 11.4 Å². The maximum atomic E-state index is 12.5. The summed E-state index contributed by atoms with van der Waals surface area (Å²) in [5.41, 5.74) is 0.660. The SMILES string of the molecule is Cc1c(C(=O)Nc2ccc3c(c2)C(=O)CC(C)(C)O3)cccc1[N+](=O)[O-]. The van der Waals surface area contributed by atoms with E-state index in [4.69, 9.17) is 4.74 Å². The van der Waals surface area contributed by atoms with Crippen LogP contribution in [-0.2, 0) is 0 Å². The molecule has 0 saturated carbocycles. The van der Waals surface area contributed by atoms with Crippen molar-refractivity contribution < 1.29 is 19.2 Å². The van der Waals surface area contributed by atoms with Crippen molar-refractivity contribution in [3.8, 4) is 5.75 Å². The average molecular weight is 354 g/mol. The number of ketones is 1. The van der Waals surface area contributed by atoms with Crippen molar-refractivity contribution in [3.05, 3.63) is 63.2 Å². The summed E-state index contributed by atoms with van der Waals surface area (Å²) in [7, 11) is 0. The molecule has 7 nitrogen and oxygen atoms in total. The van der Waals surface area contributed by atoms with Crippen LogP contribution in [0.5, 0.6) is 5.75 Å². The zero-order chi connectivity index (χ0) is 19.1. The normalized spacial score (nSPS) is 15.0. The van der Waals surface area contributed by atoms with E-state index < -0.39 is 16.4 Å². The third kappa shape index (κ3) is 3.28. The molecule has 0 bridgehead atoms. The molecule has 1 aliphatic rings. The number of Topliss-reactive ketones (excluding diaryl/α,β-unsaturated/α-hetero) is 1. The van der Waals surface area contributed by atoms with Crippen molar-refractivity contribution in [2.75, 3.05) is 5.32 Å². The Bertz CT molecular complexity index is 934. The molecule has 0 unspecified atom stereocenters. The lowest BCUT2D eigenvalue weighted by Gasteiger charge is -2.31. The van der Waals surface area contributed by atoms with Crippen LogP contribution in [-0.4, -0.2) is 22.2 Å². The fraction of sp³-hybridized carbons (Fsp3) is 0.263. The summed E-state index contributed by atoms with van der Waals surface area (Å²) in [6.45, 7) is 5.21. The van der Waals surface area contributed by atoms with Gasteiger partial charge in [0.15, 0.2) is 5.78 Å². The molecular weight excluding hydrogens is 336 g/mol. The van der Waals surface area contributed by atoms with Gasteiger partial charge in [-0.1, -0.05) is 6.07 Å². The quantitative estimate of drug-likeness (QED) is 0.666. The van der Waals surface area contributed by atoms with Gasteiger partial charge in [-0.3, -0.25) is 19.7 Å². The molecule has 0 aliphatic carbocycles. The Morgan fingerprint density at radius 1 is 1.27 bits per heavy atom. The molecule has 0 atom stereocenters. The number of nitrogens with zero attached hydrogens (tertiary/aromatic N) is 1. The van der Waals surface area contributed by atoms with Crippen LogP contribution in [0.4, 0.5) is 11.4 Å². The molecule has 2 aromatic carbocycles. The minimum Gasteiger partial charge on any atom is -0.487 e. The Morgan fingerprint density at radius 3 is 2.69 bits per heavy atom. The highest BCUT2D eigenvalue weighted by Gasteiger charge is 2.32. The molecule has 7 heteroatoms. The maximum Gasteiger partial charge on any atom is 0.273 e. The lowest BCUT2D eigenvalue weighted by atomic mass is 9.93. The fourth-order valence-corrected chi connectivity index (χ4v) is 3.00. The molecule has 26 heavy (non-hydrogen) atoms. The number of anilines is 1. The van der Waals surface area contributed by atoms with E-state index in [2.05, 4.69) is 5.32 Å². The van der Waals surface area contributed by atoms with E-state index in [-0.39, 0.29) is 29.0 Å². The number of benzene rings is 2. The fourth-order valence-electron chi connectivity index (χ4n) is 3.00. The second-order valence-electron chi connectivity index (χ2n) is 6.83. The molecule has 3 rings (SSSR count). The van der Waals surface area contributed by atoms with E-state index in [1.807, 2.05) is 13.8 Å². The van der Waals surface area contributed by atoms with Crippen LogP contribution >= 0.6 is 0 Å². The van der Waals surface area contributed by atoms with E-state index in [0.717, 1.165) is 0 Å². The van der Waals surface area contributed by atoms with Gasteiger partial charge in [0.2, 0.25) is 0 Å². The number of hydrogen-bond acceptors (Lipinski definition) is 5. The molecule has 0 aromatic heterocycles. The molecule has 1 amide bonds. The summed E-state index contributed by atoms with van der Waals surface area (Å²) in [5.74, 6) is -0.0506. The Hall–Kier alpha value is -3.22. The number of rotatable bonds is 3. The second kappa shape index (κ2) is 6.25. The van der Waals surface area contributed by atoms with Crippen molar-refractivity contribution >= 4 is 23.1 Å². The Morgan fingerprint density at radius 2 is 2.00 bits per heavy atom. The van der Waals surface area contributed by atoms with Gasteiger partial charge in [-0.25, -0.2) is 0 Å². The molecule has 0 radical (unpaired) electrons. The largest absolute Gasteiger partial charge is 0.487 e. The van der Waals surface area contributed by atoms with Gasteiger partial charge in [-0.2, -0.15) is 0 Å². The van der Waals surface area contributed by atoms with Crippen LogP contribution in [0.15, 0.2) is 36.4 Å². The van der Waals surface area contributed by atoms with Gasteiger partial charge in [-0.15, -0.1) is 0 Å². The zero-order valence-corrected chi connectivity index (χ0v) is 14.7. The van der Waals surface area contributed by atoms with Crippen molar-refractivity contribution in [3.63, 3.8) is 0 Å². The lowest BCUT2D eigenvalue weighted by Crippen LogP contribution is -2.35. The van der Waals surface area contributed by atoms with E-state index >= 15 is 0 Å². The monoisotopic (exact) mass is 354 g/mol. The Labute approximate surface area is 150 Å². The number of carbonyl (C=O) groups excluding carboxylic acids is 2. The van der Waals surface area contributed by atoms with E-state index in [1.54, 1.807) is 18.2 Å². The second-order valence-corrected chi connectivity index (χ2v) is 6.83. The van der Waals surface area contributed by atoms with Crippen LogP contribution in [0.1, 0.15) is 46.5 Å². The molecule has 0 fully saturated rings. The van der Waals surface area contributed by atoms with Gasteiger partial charge < -0.3 is 10.1 Å². The number of carbonyl (C=O) groups is 2. The van der Waals surface area contributed by atoms with Crippen molar-refractivity contribution in [1.29, 1.82) is 0 Å². The molecule has 1 N–H and O–H groups in total. The molecule has 0 spiro atoms. The number of nitro groups is 1. The van der Waals surface area contributed by atoms with Crippen LogP contribution in [0.2, 0.25) is 0 Å². The molecule has 2 aromatic rings. The Balaban J connectivity index is 1.88. The summed E-state index contributed by atoms with van der Waals surface area (Å²) < 4.78 is 5.79. The standard InChI is InChI=1S/C19H18N2O5/c1-11-13(5-4-6-15(11)21(24)25)18(23)20-12-7-8-17-14(9-12)16(22)10-19(2,3)26-17/h4-9H,10H2,1-3H3,(H,20,23). The predicted octanol–water partition coefficient (Wildman–Crippen LogP) is 3.90. The highest BCUT2D eigenvalue weighted by Crippen LogP contribution is 2.34. The lowest BCUT2D eigenvalue weighted by molar-refractivity contribution is -0.385. The zero-order valence-electron chi connectivity index (χ0n) is 14.7. The van der Waals surface area contributed by atoms with E-state index in [9.17, 15) is 19.7 Å². The van der Waals surface area contributed by atoms with Crippen LogP contribution in [0.25, 0.3) is 0 Å². The topological polar surface area (TPSA) is 98.5 Å². The first-order valence-corrected chi connectivity index (χ1v) is 8.09. The number of nitrogens with one attached hydrogen (secondary N) is 1. The third-order valence-electron chi connectivity index (χ3n) is 4.26. The maximum absolute atomic E-state index is 12.5. The summed E-state index contributed by atoms with van der Waals surface area (Å²) >= 11 is 0. The van der Waals surface area contributed by atoms with Gasteiger partial charge in [0.05, 0.1) is 16.9 Å². The van der Waals surface area contributed by atoms with Gasteiger partial charge in [0, 0.05) is 22.9 Å². The van der Waals surface area contributed by atoms with Crippen LogP contribution < -0.4 is 10.1 Å². The molecule has 0 saturated heterocycles. The van der Waals surface area contributed by atoms with E-state index in [0.29, 0.717) is 17.0 Å². The predicted molar refractivity (Wildman–Crippen MR) is 95.9 cm³/mol. The number of fused-ring (bicyclic) bond motifs is 1. The van der Waals surface area contributed by atoms with Crippen molar-refractivity contribution in [2.45, 2.75) is 32.8 Å². The van der Waals surface area contributed by atoms with Crippen LogP contribution in [0, 0.1) is 17.0 Å². The Kier molecular flexibility index (Phi) is 4.23. The first-order chi connectivity index (χ1) is 12.2. The van der Waals surface area contributed by atoms with Crippen molar-refractivity contribution in [2.24, 2.45) is 0 Å². The summed E-state index contributed by atoms with van der Waals surface area (Å²) in [4.78, 5) is 35.3.